The van der Waals surface area contributed by atoms with E-state index in [1.54, 1.807) is 0 Å². The molecule has 2 aliphatic rings. The summed E-state index contributed by atoms with van der Waals surface area (Å²) in [6.07, 6.45) is 7.40. The van der Waals surface area contributed by atoms with Gasteiger partial charge in [-0.25, -0.2) is 4.79 Å². The van der Waals surface area contributed by atoms with E-state index >= 15 is 0 Å². The molecule has 112 valence electrons. The lowest BCUT2D eigenvalue weighted by atomic mass is 9.84. The van der Waals surface area contributed by atoms with Crippen LogP contribution in [0, 0.1) is 0 Å². The van der Waals surface area contributed by atoms with Crippen LogP contribution < -0.4 is 5.32 Å². The summed E-state index contributed by atoms with van der Waals surface area (Å²) in [4.78, 5) is 23.2. The zero-order valence-electron chi connectivity index (χ0n) is 12.1. The molecule has 1 amide bonds. The Bertz CT molecular complexity index is 540. The van der Waals surface area contributed by atoms with Crippen LogP contribution in [0.2, 0.25) is 0 Å². The number of carbonyl (C=O) groups is 2. The highest BCUT2D eigenvalue weighted by atomic mass is 16.4. The lowest BCUT2D eigenvalue weighted by molar-refractivity contribution is -0.140. The maximum atomic E-state index is 12.1. The minimum absolute atomic E-state index is 0.287. The normalized spacial score (nSPS) is 20.8. The van der Waals surface area contributed by atoms with Crippen molar-refractivity contribution in [2.45, 2.75) is 56.4 Å². The average Bonchev–Trinajstić information content (AvgIpc) is 3.29. The summed E-state index contributed by atoms with van der Waals surface area (Å²) < 4.78 is 0. The molecule has 0 aliphatic heterocycles. The molecule has 21 heavy (non-hydrogen) atoms. The number of hydrogen-bond donors (Lipinski definition) is 2. The molecule has 2 N–H and O–H groups in total. The fourth-order valence-electron chi connectivity index (χ4n) is 3.15. The second-order valence-corrected chi connectivity index (χ2v) is 6.30. The number of carbonyl (C=O) groups excluding carboxylic acids is 1. The standard InChI is InChI=1S/C17H21NO3/c19-15(18-17(10-11-17)16(20)21)14-8-6-13(7-9-14)12-4-2-1-3-5-12/h6-9,12H,1-5,10-11H2,(H,18,19)(H,20,21). The van der Waals surface area contributed by atoms with Crippen molar-refractivity contribution in [3.8, 4) is 0 Å². The summed E-state index contributed by atoms with van der Waals surface area (Å²) in [5, 5.41) is 11.7. The molecule has 1 aromatic carbocycles. The Balaban J connectivity index is 1.66. The predicted molar refractivity (Wildman–Crippen MR) is 79.3 cm³/mol. The summed E-state index contributed by atoms with van der Waals surface area (Å²) in [5.41, 5.74) is 0.826. The Morgan fingerprint density at radius 2 is 1.67 bits per heavy atom. The van der Waals surface area contributed by atoms with Crippen molar-refractivity contribution in [1.29, 1.82) is 0 Å². The average molecular weight is 287 g/mol. The van der Waals surface area contributed by atoms with E-state index in [0.717, 1.165) is 0 Å². The van der Waals surface area contributed by atoms with Gasteiger partial charge in [-0.2, -0.15) is 0 Å². The molecule has 3 rings (SSSR count). The van der Waals surface area contributed by atoms with Crippen LogP contribution in [-0.4, -0.2) is 22.5 Å². The number of aliphatic carboxylic acids is 1. The first-order chi connectivity index (χ1) is 10.1. The third-order valence-electron chi connectivity index (χ3n) is 4.76. The molecule has 2 fully saturated rings. The molecule has 0 unspecified atom stereocenters. The maximum Gasteiger partial charge on any atom is 0.329 e. The monoisotopic (exact) mass is 287 g/mol. The highest BCUT2D eigenvalue weighted by Crippen LogP contribution is 2.36. The van der Waals surface area contributed by atoms with Gasteiger partial charge in [-0.15, -0.1) is 0 Å². The SMILES string of the molecule is O=C(NC1(C(=O)O)CC1)c1ccc(C2CCCCC2)cc1. The molecule has 2 aliphatic carbocycles. The lowest BCUT2D eigenvalue weighted by Crippen LogP contribution is -2.43. The molecule has 0 spiro atoms. The number of carboxylic acids is 1. The Labute approximate surface area is 124 Å². The molecule has 0 atom stereocenters. The van der Waals surface area contributed by atoms with Gasteiger partial charge in [0.2, 0.25) is 0 Å². The van der Waals surface area contributed by atoms with Gasteiger partial charge in [0.1, 0.15) is 5.54 Å². The van der Waals surface area contributed by atoms with Crippen LogP contribution in [0.1, 0.15) is 66.8 Å². The molecule has 4 heteroatoms. The van der Waals surface area contributed by atoms with Crippen LogP contribution in [0.3, 0.4) is 0 Å². The highest BCUT2D eigenvalue weighted by Gasteiger charge is 2.51. The van der Waals surface area contributed by atoms with Crippen molar-refractivity contribution in [2.75, 3.05) is 0 Å². The van der Waals surface area contributed by atoms with Crippen LogP contribution in [-0.2, 0) is 4.79 Å². The molecule has 0 radical (unpaired) electrons. The quantitative estimate of drug-likeness (QED) is 0.894. The van der Waals surface area contributed by atoms with E-state index in [1.807, 2.05) is 24.3 Å². The van der Waals surface area contributed by atoms with Gasteiger partial charge in [0.15, 0.2) is 0 Å². The predicted octanol–water partition coefficient (Wildman–Crippen LogP) is 3.08. The number of benzene rings is 1. The van der Waals surface area contributed by atoms with Crippen molar-refractivity contribution in [3.63, 3.8) is 0 Å². The number of rotatable bonds is 4. The van der Waals surface area contributed by atoms with Crippen LogP contribution in [0.4, 0.5) is 0 Å². The van der Waals surface area contributed by atoms with E-state index in [0.29, 0.717) is 24.3 Å². The number of nitrogens with one attached hydrogen (secondary N) is 1. The molecule has 1 aromatic rings. The van der Waals surface area contributed by atoms with Crippen LogP contribution in [0.5, 0.6) is 0 Å². The zero-order chi connectivity index (χ0) is 14.9. The first-order valence-corrected chi connectivity index (χ1v) is 7.77. The third-order valence-corrected chi connectivity index (χ3v) is 4.76. The van der Waals surface area contributed by atoms with Crippen molar-refractivity contribution >= 4 is 11.9 Å². The molecule has 0 heterocycles. The Morgan fingerprint density at radius 1 is 1.05 bits per heavy atom. The fourth-order valence-corrected chi connectivity index (χ4v) is 3.15. The largest absolute Gasteiger partial charge is 0.480 e. The number of amides is 1. The van der Waals surface area contributed by atoms with Gasteiger partial charge >= 0.3 is 5.97 Å². The van der Waals surface area contributed by atoms with Crippen molar-refractivity contribution in [2.24, 2.45) is 0 Å². The van der Waals surface area contributed by atoms with E-state index < -0.39 is 11.5 Å². The summed E-state index contributed by atoms with van der Waals surface area (Å²) >= 11 is 0. The first-order valence-electron chi connectivity index (χ1n) is 7.77. The Morgan fingerprint density at radius 3 is 2.19 bits per heavy atom. The molecule has 4 nitrogen and oxygen atoms in total. The molecular weight excluding hydrogens is 266 g/mol. The second-order valence-electron chi connectivity index (χ2n) is 6.30. The highest BCUT2D eigenvalue weighted by molar-refractivity contribution is 5.98. The molecule has 0 saturated heterocycles. The van der Waals surface area contributed by atoms with Gasteiger partial charge in [-0.3, -0.25) is 4.79 Å². The van der Waals surface area contributed by atoms with Gasteiger partial charge in [-0.1, -0.05) is 31.4 Å². The van der Waals surface area contributed by atoms with Gasteiger partial charge in [0.05, 0.1) is 0 Å². The minimum Gasteiger partial charge on any atom is -0.480 e. The molecular formula is C17H21NO3. The Hall–Kier alpha value is -1.84. The van der Waals surface area contributed by atoms with Gasteiger partial charge < -0.3 is 10.4 Å². The molecule has 0 aromatic heterocycles. The van der Waals surface area contributed by atoms with Gasteiger partial charge in [0.25, 0.3) is 5.91 Å². The van der Waals surface area contributed by atoms with E-state index in [4.69, 9.17) is 5.11 Å². The number of hydrogen-bond acceptors (Lipinski definition) is 2. The Kier molecular flexibility index (Phi) is 3.70. The summed E-state index contributed by atoms with van der Waals surface area (Å²) in [6, 6.07) is 7.67. The minimum atomic E-state index is -1.01. The smallest absolute Gasteiger partial charge is 0.329 e. The first kappa shape index (κ1) is 14.1. The maximum absolute atomic E-state index is 12.1. The van der Waals surface area contributed by atoms with Crippen molar-refractivity contribution < 1.29 is 14.7 Å². The van der Waals surface area contributed by atoms with Crippen molar-refractivity contribution in [3.05, 3.63) is 35.4 Å². The summed E-state index contributed by atoms with van der Waals surface area (Å²) in [7, 11) is 0. The van der Waals surface area contributed by atoms with E-state index in [2.05, 4.69) is 5.32 Å². The molecule has 0 bridgehead atoms. The topological polar surface area (TPSA) is 66.4 Å². The van der Waals surface area contributed by atoms with Crippen molar-refractivity contribution in [1.82, 2.24) is 5.32 Å². The lowest BCUT2D eigenvalue weighted by Gasteiger charge is -2.22. The van der Waals surface area contributed by atoms with Crippen LogP contribution >= 0.6 is 0 Å². The zero-order valence-corrected chi connectivity index (χ0v) is 12.1. The molecule has 2 saturated carbocycles. The summed E-state index contributed by atoms with van der Waals surface area (Å²) in [6.45, 7) is 0. The van der Waals surface area contributed by atoms with E-state index in [-0.39, 0.29) is 5.91 Å². The third kappa shape index (κ3) is 2.94. The van der Waals surface area contributed by atoms with Crippen LogP contribution in [0.15, 0.2) is 24.3 Å². The van der Waals surface area contributed by atoms with Gasteiger partial charge in [0, 0.05) is 5.56 Å². The number of carboxylic acid groups (broad SMARTS) is 1. The van der Waals surface area contributed by atoms with E-state index in [9.17, 15) is 9.59 Å². The van der Waals surface area contributed by atoms with E-state index in [1.165, 1.54) is 37.7 Å². The van der Waals surface area contributed by atoms with Crippen LogP contribution in [0.25, 0.3) is 0 Å². The van der Waals surface area contributed by atoms with Gasteiger partial charge in [-0.05, 0) is 49.3 Å². The fraction of sp³-hybridized carbons (Fsp3) is 0.529. The second kappa shape index (κ2) is 5.51. The summed E-state index contributed by atoms with van der Waals surface area (Å²) in [5.74, 6) is -0.607.